The van der Waals surface area contributed by atoms with E-state index in [2.05, 4.69) is 5.43 Å². The Labute approximate surface area is 74.6 Å². The molecule has 0 unspecified atom stereocenters. The van der Waals surface area contributed by atoms with Gasteiger partial charge in [0.1, 0.15) is 6.54 Å². The average molecular weight is 186 g/mol. The minimum absolute atomic E-state index is 0.140. The van der Waals surface area contributed by atoms with Crippen molar-refractivity contribution in [2.75, 3.05) is 20.6 Å². The fourth-order valence-corrected chi connectivity index (χ4v) is 0.747. The summed E-state index contributed by atoms with van der Waals surface area (Å²) in [6.07, 6.45) is 0. The second kappa shape index (κ2) is 3.30. The van der Waals surface area contributed by atoms with Crippen LogP contribution in [-0.2, 0) is 4.79 Å². The quantitative estimate of drug-likeness (QED) is 0.501. The summed E-state index contributed by atoms with van der Waals surface area (Å²) in [6, 6.07) is -1.06. The first-order valence-corrected chi connectivity index (χ1v) is 3.60. The van der Waals surface area contributed by atoms with Gasteiger partial charge in [-0.3, -0.25) is 10.1 Å². The summed E-state index contributed by atoms with van der Waals surface area (Å²) in [7, 11) is 3.07. The predicted octanol–water partition coefficient (Wildman–Crippen LogP) is -1.28. The zero-order valence-corrected chi connectivity index (χ0v) is 7.33. The molecule has 0 aromatic rings. The number of hydrogen-bond acceptors (Lipinski definition) is 3. The number of nitrogens with one attached hydrogen (secondary N) is 2. The molecule has 0 atom stereocenters. The Morgan fingerprint density at radius 1 is 1.54 bits per heavy atom. The summed E-state index contributed by atoms with van der Waals surface area (Å²) in [5.74, 6) is -0.427. The SMILES string of the molecule is CN(C)C(=O)NN1CC(=O)NC1=O. The highest BCUT2D eigenvalue weighted by molar-refractivity contribution is 6.02. The second-order valence-electron chi connectivity index (χ2n) is 2.75. The molecular weight excluding hydrogens is 176 g/mol. The first kappa shape index (κ1) is 9.30. The summed E-state index contributed by atoms with van der Waals surface area (Å²) in [5.41, 5.74) is 2.25. The number of nitrogens with zero attached hydrogens (tertiary/aromatic N) is 2. The molecule has 0 aromatic heterocycles. The zero-order chi connectivity index (χ0) is 10.0. The lowest BCUT2D eigenvalue weighted by atomic mass is 10.6. The Hall–Kier alpha value is -1.79. The molecule has 0 aromatic carbocycles. The van der Waals surface area contributed by atoms with Gasteiger partial charge in [-0.2, -0.15) is 0 Å². The number of hydrogen-bond donors (Lipinski definition) is 2. The van der Waals surface area contributed by atoms with Crippen LogP contribution in [0, 0.1) is 0 Å². The van der Waals surface area contributed by atoms with Gasteiger partial charge in [0.15, 0.2) is 0 Å². The molecule has 1 aliphatic rings. The summed E-state index contributed by atoms with van der Waals surface area (Å²) >= 11 is 0. The molecule has 0 aliphatic carbocycles. The van der Waals surface area contributed by atoms with Gasteiger partial charge in [0.05, 0.1) is 0 Å². The first-order chi connectivity index (χ1) is 6.00. The number of amides is 5. The lowest BCUT2D eigenvalue weighted by molar-refractivity contribution is -0.118. The van der Waals surface area contributed by atoms with Crippen molar-refractivity contribution in [3.8, 4) is 0 Å². The number of rotatable bonds is 1. The van der Waals surface area contributed by atoms with Gasteiger partial charge < -0.3 is 4.90 Å². The topological polar surface area (TPSA) is 81.8 Å². The van der Waals surface area contributed by atoms with Crippen LogP contribution in [0.2, 0.25) is 0 Å². The Morgan fingerprint density at radius 2 is 2.15 bits per heavy atom. The van der Waals surface area contributed by atoms with E-state index in [1.807, 2.05) is 5.32 Å². The standard InChI is InChI=1S/C6H10N4O3/c1-9(2)6(13)8-10-3-4(11)7-5(10)12/h3H2,1-2H3,(H,8,13)(H,7,11,12). The molecule has 1 saturated heterocycles. The lowest BCUT2D eigenvalue weighted by Crippen LogP contribution is -2.48. The second-order valence-corrected chi connectivity index (χ2v) is 2.75. The molecule has 7 heteroatoms. The van der Waals surface area contributed by atoms with E-state index in [0.29, 0.717) is 0 Å². The highest BCUT2D eigenvalue weighted by Gasteiger charge is 2.28. The Morgan fingerprint density at radius 3 is 2.54 bits per heavy atom. The monoisotopic (exact) mass is 186 g/mol. The van der Waals surface area contributed by atoms with Gasteiger partial charge in [0.25, 0.3) is 0 Å². The van der Waals surface area contributed by atoms with Crippen LogP contribution in [0.3, 0.4) is 0 Å². The van der Waals surface area contributed by atoms with Gasteiger partial charge in [-0.05, 0) is 0 Å². The van der Waals surface area contributed by atoms with E-state index in [-0.39, 0.29) is 6.54 Å². The molecule has 72 valence electrons. The van der Waals surface area contributed by atoms with Crippen LogP contribution in [0.4, 0.5) is 9.59 Å². The van der Waals surface area contributed by atoms with Crippen molar-refractivity contribution in [2.24, 2.45) is 0 Å². The molecular formula is C6H10N4O3. The maximum absolute atomic E-state index is 11.0. The summed E-state index contributed by atoms with van der Waals surface area (Å²) in [4.78, 5) is 33.9. The molecule has 1 heterocycles. The van der Waals surface area contributed by atoms with Crippen molar-refractivity contribution in [1.82, 2.24) is 20.7 Å². The summed E-state index contributed by atoms with van der Waals surface area (Å²) in [6.45, 7) is -0.140. The van der Waals surface area contributed by atoms with Crippen LogP contribution in [0.5, 0.6) is 0 Å². The van der Waals surface area contributed by atoms with E-state index in [0.717, 1.165) is 5.01 Å². The predicted molar refractivity (Wildman–Crippen MR) is 42.5 cm³/mol. The van der Waals surface area contributed by atoms with E-state index in [4.69, 9.17) is 0 Å². The first-order valence-electron chi connectivity index (χ1n) is 3.60. The van der Waals surface area contributed by atoms with Crippen LogP contribution in [0.1, 0.15) is 0 Å². The van der Waals surface area contributed by atoms with Crippen LogP contribution in [0.25, 0.3) is 0 Å². The van der Waals surface area contributed by atoms with Gasteiger partial charge in [0, 0.05) is 14.1 Å². The smallest absolute Gasteiger partial charge is 0.330 e. The number of carbonyl (C=O) groups is 3. The Balaban J connectivity index is 2.51. The minimum atomic E-state index is -0.611. The molecule has 2 N–H and O–H groups in total. The zero-order valence-electron chi connectivity index (χ0n) is 7.33. The average Bonchev–Trinajstić information content (AvgIpc) is 2.30. The number of imide groups is 1. The maximum Gasteiger partial charge on any atom is 0.343 e. The summed E-state index contributed by atoms with van der Waals surface area (Å²) in [5, 5.41) is 2.95. The number of carbonyl (C=O) groups excluding carboxylic acids is 3. The largest absolute Gasteiger partial charge is 0.343 e. The van der Waals surface area contributed by atoms with Crippen molar-refractivity contribution in [3.63, 3.8) is 0 Å². The molecule has 0 saturated carbocycles. The number of hydrazine groups is 1. The molecule has 1 fully saturated rings. The van der Waals surface area contributed by atoms with Gasteiger partial charge in [0.2, 0.25) is 5.91 Å². The third-order valence-corrected chi connectivity index (χ3v) is 1.43. The normalized spacial score (nSPS) is 15.7. The van der Waals surface area contributed by atoms with Gasteiger partial charge in [-0.15, -0.1) is 0 Å². The molecule has 1 aliphatic heterocycles. The highest BCUT2D eigenvalue weighted by Crippen LogP contribution is 1.93. The van der Waals surface area contributed by atoms with Crippen LogP contribution in [0.15, 0.2) is 0 Å². The van der Waals surface area contributed by atoms with E-state index in [9.17, 15) is 14.4 Å². The van der Waals surface area contributed by atoms with Crippen LogP contribution >= 0.6 is 0 Å². The van der Waals surface area contributed by atoms with Crippen molar-refractivity contribution in [2.45, 2.75) is 0 Å². The fourth-order valence-electron chi connectivity index (χ4n) is 0.747. The van der Waals surface area contributed by atoms with Gasteiger partial charge >= 0.3 is 12.1 Å². The molecule has 13 heavy (non-hydrogen) atoms. The van der Waals surface area contributed by atoms with E-state index >= 15 is 0 Å². The summed E-state index contributed by atoms with van der Waals surface area (Å²) < 4.78 is 0. The highest BCUT2D eigenvalue weighted by atomic mass is 16.2. The maximum atomic E-state index is 11.0. The fraction of sp³-hybridized carbons (Fsp3) is 0.500. The molecule has 0 radical (unpaired) electrons. The Kier molecular flexibility index (Phi) is 2.36. The van der Waals surface area contributed by atoms with E-state index in [1.54, 1.807) is 0 Å². The molecule has 1 rings (SSSR count). The van der Waals surface area contributed by atoms with Gasteiger partial charge in [-0.25, -0.2) is 20.0 Å². The Bertz CT molecular complexity index is 263. The molecule has 7 nitrogen and oxygen atoms in total. The van der Waals surface area contributed by atoms with Crippen LogP contribution < -0.4 is 10.7 Å². The van der Waals surface area contributed by atoms with Crippen molar-refractivity contribution < 1.29 is 14.4 Å². The molecule has 0 bridgehead atoms. The molecule has 5 amide bonds. The van der Waals surface area contributed by atoms with E-state index in [1.165, 1.54) is 19.0 Å². The third kappa shape index (κ3) is 2.08. The minimum Gasteiger partial charge on any atom is -0.330 e. The molecule has 0 spiro atoms. The van der Waals surface area contributed by atoms with Crippen molar-refractivity contribution in [3.05, 3.63) is 0 Å². The number of urea groups is 2. The van der Waals surface area contributed by atoms with E-state index < -0.39 is 18.0 Å². The van der Waals surface area contributed by atoms with Gasteiger partial charge in [-0.1, -0.05) is 0 Å². The lowest BCUT2D eigenvalue weighted by Gasteiger charge is -2.17. The van der Waals surface area contributed by atoms with Crippen LogP contribution in [-0.4, -0.2) is 48.5 Å². The van der Waals surface area contributed by atoms with Crippen molar-refractivity contribution in [1.29, 1.82) is 0 Å². The van der Waals surface area contributed by atoms with Crippen molar-refractivity contribution >= 4 is 18.0 Å². The third-order valence-electron chi connectivity index (χ3n) is 1.43.